The van der Waals surface area contributed by atoms with E-state index in [1.807, 2.05) is 0 Å². The molecular formula is C77H83BrCl3F7N12O12S3. The summed E-state index contributed by atoms with van der Waals surface area (Å²) in [6, 6.07) is 11.5. The van der Waals surface area contributed by atoms with Gasteiger partial charge in [-0.2, -0.15) is 0 Å². The highest BCUT2D eigenvalue weighted by Crippen LogP contribution is 2.45. The van der Waals surface area contributed by atoms with Crippen LogP contribution in [-0.2, 0) is 43.0 Å². The van der Waals surface area contributed by atoms with Crippen LogP contribution in [0, 0.1) is 11.2 Å². The second kappa shape index (κ2) is 39.3. The van der Waals surface area contributed by atoms with E-state index in [2.05, 4.69) is 46.8 Å². The van der Waals surface area contributed by atoms with Gasteiger partial charge in [-0.05, 0) is 95.7 Å². The molecule has 38 heteroatoms. The maximum Gasteiger partial charge on any atom is 0.338 e. The molecule has 6 aliphatic rings. The number of nitrogens with one attached hydrogen (secondary N) is 3. The first-order valence-corrected chi connectivity index (χ1v) is 41.2. The minimum Gasteiger partial charge on any atom is -0.481 e. The summed E-state index contributed by atoms with van der Waals surface area (Å²) in [5.41, 5.74) is 1.82. The van der Waals surface area contributed by atoms with Gasteiger partial charge in [0.15, 0.2) is 32.5 Å². The van der Waals surface area contributed by atoms with E-state index in [9.17, 15) is 64.6 Å². The van der Waals surface area contributed by atoms with Crippen LogP contribution in [0.2, 0.25) is 15.1 Å². The van der Waals surface area contributed by atoms with Crippen molar-refractivity contribution < 1.29 is 89.0 Å². The van der Waals surface area contributed by atoms with Crippen molar-refractivity contribution in [2.45, 2.75) is 159 Å². The van der Waals surface area contributed by atoms with Crippen molar-refractivity contribution in [1.82, 2.24) is 45.6 Å². The third-order valence-corrected chi connectivity index (χ3v) is 23.5. The van der Waals surface area contributed by atoms with Crippen LogP contribution < -0.4 is 16.0 Å². The van der Waals surface area contributed by atoms with Crippen molar-refractivity contribution in [3.8, 4) is 0 Å². The molecule has 0 unspecified atom stereocenters. The number of unbranched alkanes of at least 4 members (excludes halogenated alkanes) is 2. The Morgan fingerprint density at radius 1 is 0.557 bits per heavy atom. The average molecular weight is 1780 g/mol. The molecule has 0 aliphatic carbocycles. The fraction of sp³-hybridized carbons (Fsp3) is 0.455. The lowest BCUT2D eigenvalue weighted by molar-refractivity contribution is -0.148. The summed E-state index contributed by atoms with van der Waals surface area (Å²) in [6.45, 7) is 4.86. The SMILES string of the molecule is CCOC(=O)C1=C(CN2CC(F)(F)C[C@H]2CC(C)(C)C(=O)O)NC(c2nccs2)=N[C@H]1c1ccc(F)cc1Br.CCOC(=O)C1=C(CN2CC(F)(F)C[C@H]2CCCCC(=O)O)NC(c2nccs2)=N[C@H]1c1ccccc1Cl.COC(=O)C1=C(CN2CC(F)(F)C[C@H]2CCCCC(=O)O)NC(c2nccs2)=N[C@H]1c1ccc(Cl)cc1Cl. The maximum absolute atomic E-state index is 14.7. The van der Waals surface area contributed by atoms with Crippen LogP contribution >= 0.6 is 84.7 Å². The van der Waals surface area contributed by atoms with Crippen LogP contribution in [0.3, 0.4) is 0 Å². The number of amidine groups is 3. The number of rotatable bonds is 30. The number of nitrogens with zero attached hydrogens (tertiary/aromatic N) is 9. The first-order valence-electron chi connectivity index (χ1n) is 36.6. The number of aromatic nitrogens is 3. The van der Waals surface area contributed by atoms with Gasteiger partial charge in [0.05, 0.1) is 62.1 Å². The number of carbonyl (C=O) groups is 6. The lowest BCUT2D eigenvalue weighted by atomic mass is 9.85. The Labute approximate surface area is 693 Å². The van der Waals surface area contributed by atoms with Crippen LogP contribution in [0.25, 0.3) is 0 Å². The van der Waals surface area contributed by atoms with Gasteiger partial charge in [0.2, 0.25) is 0 Å². The number of carboxylic acids is 3. The van der Waals surface area contributed by atoms with Crippen molar-refractivity contribution in [2.24, 2.45) is 20.4 Å². The van der Waals surface area contributed by atoms with Gasteiger partial charge in [-0.1, -0.05) is 93.9 Å². The first kappa shape index (κ1) is 89.1. The Hall–Kier alpha value is -8.26. The first-order chi connectivity index (χ1) is 54.6. The summed E-state index contributed by atoms with van der Waals surface area (Å²) in [5.74, 6) is -13.1. The fourth-order valence-electron chi connectivity index (χ4n) is 14.4. The number of carbonyl (C=O) groups excluding carboxylic acids is 3. The molecule has 3 aromatic carbocycles. The summed E-state index contributed by atoms with van der Waals surface area (Å²) in [6.07, 6.45) is 6.26. The second-order valence-electron chi connectivity index (χ2n) is 28.5. The second-order valence-corrected chi connectivity index (χ2v) is 33.3. The van der Waals surface area contributed by atoms with Gasteiger partial charge < -0.3 is 45.5 Å². The summed E-state index contributed by atoms with van der Waals surface area (Å²) in [4.78, 5) is 105. The molecule has 6 aromatic rings. The van der Waals surface area contributed by atoms with E-state index in [4.69, 9.17) is 74.2 Å². The van der Waals surface area contributed by atoms with E-state index in [1.165, 1.54) is 78.1 Å². The van der Waals surface area contributed by atoms with E-state index in [1.54, 1.807) is 101 Å². The van der Waals surface area contributed by atoms with Crippen LogP contribution in [-0.4, -0.2) is 194 Å². The summed E-state index contributed by atoms with van der Waals surface area (Å²) in [7, 11) is 1.24. The van der Waals surface area contributed by atoms with Crippen molar-refractivity contribution in [2.75, 3.05) is 59.6 Å². The fourth-order valence-corrected chi connectivity index (χ4v) is 17.5. The summed E-state index contributed by atoms with van der Waals surface area (Å²) in [5, 5.41) is 45.0. The number of hydrogen-bond acceptors (Lipinski definition) is 24. The molecule has 6 aliphatic heterocycles. The lowest BCUT2D eigenvalue weighted by Gasteiger charge is -2.33. The lowest BCUT2D eigenvalue weighted by Crippen LogP contribution is -2.43. The third kappa shape index (κ3) is 23.4. The van der Waals surface area contributed by atoms with E-state index >= 15 is 0 Å². The summed E-state index contributed by atoms with van der Waals surface area (Å²) < 4.78 is 118. The maximum atomic E-state index is 14.7. The zero-order chi connectivity index (χ0) is 83.3. The minimum absolute atomic E-state index is 0.00399. The highest BCUT2D eigenvalue weighted by atomic mass is 79.9. The van der Waals surface area contributed by atoms with Crippen molar-refractivity contribution in [1.29, 1.82) is 0 Å². The number of alkyl halides is 6. The van der Waals surface area contributed by atoms with Crippen molar-refractivity contribution in [3.63, 3.8) is 0 Å². The number of aliphatic imine (C=N–C) groups is 3. The van der Waals surface area contributed by atoms with Crippen molar-refractivity contribution >= 4 is 138 Å². The Bertz CT molecular complexity index is 4720. The zero-order valence-electron chi connectivity index (χ0n) is 62.8. The van der Waals surface area contributed by atoms with Crippen LogP contribution in [0.1, 0.15) is 155 Å². The van der Waals surface area contributed by atoms with Crippen LogP contribution in [0.5, 0.6) is 0 Å². The normalized spacial score (nSPS) is 21.3. The van der Waals surface area contributed by atoms with E-state index in [0.717, 1.165) is 0 Å². The van der Waals surface area contributed by atoms with Gasteiger partial charge in [0, 0.05) is 152 Å². The monoisotopic (exact) mass is 1780 g/mol. The number of thiazole rings is 3. The Kier molecular flexibility index (Phi) is 30.5. The number of esters is 3. The number of benzene rings is 3. The number of carboxylic acid groups (broad SMARTS) is 3. The summed E-state index contributed by atoms with van der Waals surface area (Å²) >= 11 is 26.5. The molecule has 0 saturated carbocycles. The average Bonchev–Trinajstić information content (AvgIpc) is 1.76. The molecule has 0 bridgehead atoms. The van der Waals surface area contributed by atoms with Crippen LogP contribution in [0.4, 0.5) is 30.7 Å². The van der Waals surface area contributed by atoms with E-state index in [0.29, 0.717) is 114 Å². The van der Waals surface area contributed by atoms with E-state index in [-0.39, 0.29) is 92.4 Å². The quantitative estimate of drug-likeness (QED) is 0.0106. The predicted octanol–water partition coefficient (Wildman–Crippen LogP) is 15.5. The zero-order valence-corrected chi connectivity index (χ0v) is 69.1. The largest absolute Gasteiger partial charge is 0.481 e. The molecule has 3 saturated heterocycles. The molecule has 0 spiro atoms. The molecule has 3 aromatic heterocycles. The van der Waals surface area contributed by atoms with Gasteiger partial charge in [-0.15, -0.1) is 34.0 Å². The third-order valence-electron chi connectivity index (χ3n) is 19.6. The van der Waals surface area contributed by atoms with Gasteiger partial charge in [0.1, 0.15) is 23.9 Å². The molecule has 9 heterocycles. The molecule has 0 amide bonds. The molecule has 618 valence electrons. The highest BCUT2D eigenvalue weighted by Gasteiger charge is 2.51. The Balaban J connectivity index is 0.000000182. The molecule has 6 atom stereocenters. The van der Waals surface area contributed by atoms with Gasteiger partial charge >= 0.3 is 35.8 Å². The molecule has 12 rings (SSSR count). The number of ether oxygens (including phenoxy) is 3. The van der Waals surface area contributed by atoms with Gasteiger partial charge in [0.25, 0.3) is 17.8 Å². The predicted molar refractivity (Wildman–Crippen MR) is 425 cm³/mol. The molecular weight excluding hydrogens is 1700 g/mol. The van der Waals surface area contributed by atoms with E-state index < -0.39 is 127 Å². The van der Waals surface area contributed by atoms with Gasteiger partial charge in [-0.25, -0.2) is 60.1 Å². The van der Waals surface area contributed by atoms with Gasteiger partial charge in [-0.3, -0.25) is 44.1 Å². The molecule has 0 radical (unpaired) electrons. The molecule has 115 heavy (non-hydrogen) atoms. The number of hydrogen-bond donors (Lipinski definition) is 6. The molecule has 3 fully saturated rings. The highest BCUT2D eigenvalue weighted by molar-refractivity contribution is 9.10. The minimum atomic E-state index is -3.04. The Morgan fingerprint density at radius 2 is 0.957 bits per heavy atom. The smallest absolute Gasteiger partial charge is 0.338 e. The molecule has 24 nitrogen and oxygen atoms in total. The van der Waals surface area contributed by atoms with Crippen molar-refractivity contribution in [3.05, 3.63) is 186 Å². The Morgan fingerprint density at radius 3 is 1.34 bits per heavy atom. The standard InChI is InChI=1S/C26H28BrF3N4O4S.C26H29ClF2N4O4S.C25H26Cl2F2N4O4S/c1-4-38-23(35)19-18(12-34-13-26(29,30)11-15(34)10-25(2,3)24(36)37)32-21(22-31-7-8-39-22)33-20(19)16-6-5-14(28)9-17(16)27;1-2-37-25(36)21-19(14-33-15-26(28,29)13-16(33)7-3-6-10-20(34)35)31-23(24-30-11-12-38-24)32-22(21)17-8-4-5-9-18(17)27;1-37-24(36)20-18(12-33-13-25(28,29)11-15(33)4-2-3-5-19(34)35)31-22(23-30-8-9-38-23)32-21(20)16-7-6-14(26)10-17(16)27/h5-9,15,20H,4,10-13H2,1-3H3,(H,32,33)(H,36,37);4-5,8-9,11-12,16,22H,2-3,6-7,10,13-15H2,1H3,(H,31,32)(H,34,35);6-10,15,21H,2-5,11-13H2,1H3,(H,31,32)(H,34,35)/t15-,20+;16-,22+;15-,21+/m111/s1. The number of halogens is 11. The number of aliphatic carboxylic acids is 3. The number of methoxy groups -OCH3 is 1. The number of likely N-dealkylation sites (tertiary alicyclic amines) is 3. The molecule has 6 N–H and O–H groups in total. The topological polar surface area (TPSA) is 312 Å². The van der Waals surface area contributed by atoms with Crippen LogP contribution in [0.15, 0.2) is 149 Å².